The van der Waals surface area contributed by atoms with E-state index in [2.05, 4.69) is 51.4 Å². The van der Waals surface area contributed by atoms with E-state index in [0.717, 1.165) is 0 Å². The third kappa shape index (κ3) is 9.26. The summed E-state index contributed by atoms with van der Waals surface area (Å²) in [6.45, 7) is 0. The minimum absolute atomic E-state index is 0.0436. The lowest BCUT2D eigenvalue weighted by atomic mass is 11.2. The van der Waals surface area contributed by atoms with E-state index in [4.69, 9.17) is 11.5 Å². The van der Waals surface area contributed by atoms with Crippen molar-refractivity contribution in [2.45, 2.75) is 0 Å². The molecule has 0 heterocycles. The van der Waals surface area contributed by atoms with Gasteiger partial charge in [-0.3, -0.25) is 10.9 Å². The van der Waals surface area contributed by atoms with Crippen LogP contribution in [-0.2, 0) is 4.94 Å². The molecule has 0 amide bonds. The molecule has 8 N–H and O–H groups in total. The van der Waals surface area contributed by atoms with Crippen LogP contribution in [0.5, 0.6) is 0 Å². The SMILES string of the molecule is NC(=S)NNONNC(N)=S. The molecular weight excluding hydrogens is 188 g/mol. The predicted octanol–water partition coefficient (Wildman–Crippen LogP) is -2.49. The molecule has 0 spiro atoms. The summed E-state index contributed by atoms with van der Waals surface area (Å²) in [7, 11) is 0. The minimum Gasteiger partial charge on any atom is -0.375 e. The normalized spacial score (nSPS) is 8.73. The summed E-state index contributed by atoms with van der Waals surface area (Å²) in [4.78, 5) is 4.40. The van der Waals surface area contributed by atoms with E-state index in [1.165, 1.54) is 0 Å². The van der Waals surface area contributed by atoms with Gasteiger partial charge in [0.25, 0.3) is 0 Å². The Labute approximate surface area is 73.7 Å². The zero-order valence-corrected chi connectivity index (χ0v) is 7.01. The van der Waals surface area contributed by atoms with E-state index in [1.807, 2.05) is 0 Å². The van der Waals surface area contributed by atoms with E-state index in [1.54, 1.807) is 0 Å². The van der Waals surface area contributed by atoms with Crippen molar-refractivity contribution >= 4 is 34.7 Å². The Morgan fingerprint density at radius 3 is 1.64 bits per heavy atom. The Bertz CT molecular complexity index is 134. The third-order valence-electron chi connectivity index (χ3n) is 0.451. The molecule has 0 radical (unpaired) electrons. The van der Waals surface area contributed by atoms with Gasteiger partial charge in [0.2, 0.25) is 0 Å². The van der Waals surface area contributed by atoms with Crippen LogP contribution in [0.3, 0.4) is 0 Å². The maximum absolute atomic E-state index is 5.01. The van der Waals surface area contributed by atoms with Crippen LogP contribution >= 0.6 is 24.4 Å². The molecule has 11 heavy (non-hydrogen) atoms. The van der Waals surface area contributed by atoms with Crippen molar-refractivity contribution in [2.24, 2.45) is 11.5 Å². The van der Waals surface area contributed by atoms with Gasteiger partial charge in [-0.05, 0) is 24.4 Å². The summed E-state index contributed by atoms with van der Waals surface area (Å²) in [6.07, 6.45) is 0. The van der Waals surface area contributed by atoms with Gasteiger partial charge in [-0.1, -0.05) is 11.2 Å². The molecule has 64 valence electrons. The van der Waals surface area contributed by atoms with E-state index < -0.39 is 0 Å². The van der Waals surface area contributed by atoms with Crippen LogP contribution in [0.1, 0.15) is 0 Å². The maximum Gasteiger partial charge on any atom is 0.180 e. The van der Waals surface area contributed by atoms with Gasteiger partial charge in [0, 0.05) is 0 Å². The Balaban J connectivity index is 3.03. The average molecular weight is 196 g/mol. The lowest BCUT2D eigenvalue weighted by molar-refractivity contribution is -0.0629. The Hall–Kier alpha value is -0.740. The molecule has 0 fully saturated rings. The first kappa shape index (κ1) is 10.3. The molecule has 9 heteroatoms. The zero-order chi connectivity index (χ0) is 8.69. The smallest absolute Gasteiger partial charge is 0.180 e. The maximum atomic E-state index is 5.01. The Morgan fingerprint density at radius 2 is 1.36 bits per heavy atom. The molecule has 0 saturated heterocycles. The standard InChI is InChI=1S/C2H8N6OS2/c3-1(10)5-7-9-8-6-2(4)11/h7-8H,(H3,3,5,10)(H3,4,6,11). The second-order valence-corrected chi connectivity index (χ2v) is 2.16. The predicted molar refractivity (Wildman–Crippen MR) is 47.2 cm³/mol. The van der Waals surface area contributed by atoms with Gasteiger partial charge >= 0.3 is 0 Å². The Morgan fingerprint density at radius 1 is 1.00 bits per heavy atom. The zero-order valence-electron chi connectivity index (χ0n) is 5.38. The average Bonchev–Trinajstić information content (AvgIpc) is 1.85. The fourth-order valence-electron chi connectivity index (χ4n) is 0.177. The van der Waals surface area contributed by atoms with Crippen molar-refractivity contribution < 1.29 is 4.94 Å². The molecule has 0 aromatic heterocycles. The lowest BCUT2D eigenvalue weighted by Gasteiger charge is -2.07. The molecule has 0 unspecified atom stereocenters. The molecule has 0 aromatic rings. The fourth-order valence-corrected chi connectivity index (χ4v) is 0.260. The monoisotopic (exact) mass is 196 g/mol. The van der Waals surface area contributed by atoms with Crippen LogP contribution < -0.4 is 33.5 Å². The first-order valence-electron chi connectivity index (χ1n) is 2.39. The van der Waals surface area contributed by atoms with Crippen LogP contribution in [-0.4, -0.2) is 10.2 Å². The highest BCUT2D eigenvalue weighted by Crippen LogP contribution is 1.53. The summed E-state index contributed by atoms with van der Waals surface area (Å²) in [5.41, 5.74) is 18.8. The van der Waals surface area contributed by atoms with Crippen molar-refractivity contribution in [2.75, 3.05) is 0 Å². The summed E-state index contributed by atoms with van der Waals surface area (Å²) in [6, 6.07) is 0. The van der Waals surface area contributed by atoms with Crippen molar-refractivity contribution in [3.8, 4) is 0 Å². The highest BCUT2D eigenvalue weighted by Gasteiger charge is 1.85. The summed E-state index contributed by atoms with van der Waals surface area (Å²) in [5.74, 6) is 0. The van der Waals surface area contributed by atoms with Gasteiger partial charge in [0.15, 0.2) is 10.2 Å². The number of rotatable bonds is 4. The summed E-state index contributed by atoms with van der Waals surface area (Å²) >= 11 is 8.84. The van der Waals surface area contributed by atoms with Crippen LogP contribution in [0.15, 0.2) is 0 Å². The minimum atomic E-state index is 0.0436. The molecule has 0 aliphatic rings. The fraction of sp³-hybridized carbons (Fsp3) is 0. The number of hydrazine groups is 2. The van der Waals surface area contributed by atoms with Gasteiger partial charge in [0.05, 0.1) is 0 Å². The summed E-state index contributed by atoms with van der Waals surface area (Å²) in [5, 5.41) is 0.0873. The van der Waals surface area contributed by atoms with E-state index >= 15 is 0 Å². The number of thiocarbonyl (C=S) groups is 2. The highest BCUT2D eigenvalue weighted by molar-refractivity contribution is 7.80. The molecule has 0 aliphatic heterocycles. The van der Waals surface area contributed by atoms with Crippen LogP contribution in [0.25, 0.3) is 0 Å². The summed E-state index contributed by atoms with van der Waals surface area (Å²) < 4.78 is 0. The second-order valence-electron chi connectivity index (χ2n) is 1.28. The van der Waals surface area contributed by atoms with Crippen molar-refractivity contribution in [1.29, 1.82) is 0 Å². The first-order chi connectivity index (χ1) is 5.13. The second kappa shape index (κ2) is 6.00. The van der Waals surface area contributed by atoms with E-state index in [9.17, 15) is 0 Å². The first-order valence-corrected chi connectivity index (χ1v) is 3.21. The molecule has 0 aromatic carbocycles. The molecule has 0 atom stereocenters. The number of hydrogen-bond acceptors (Lipinski definition) is 5. The number of nitrogens with one attached hydrogen (secondary N) is 4. The van der Waals surface area contributed by atoms with Gasteiger partial charge in [-0.25, -0.2) is 0 Å². The molecule has 0 saturated carbocycles. The van der Waals surface area contributed by atoms with Gasteiger partial charge < -0.3 is 11.5 Å². The van der Waals surface area contributed by atoms with Crippen molar-refractivity contribution in [3.05, 3.63) is 0 Å². The van der Waals surface area contributed by atoms with Gasteiger partial charge in [-0.15, -0.1) is 0 Å². The highest BCUT2D eigenvalue weighted by atomic mass is 32.1. The molecule has 0 bridgehead atoms. The van der Waals surface area contributed by atoms with Crippen LogP contribution in [0.4, 0.5) is 0 Å². The van der Waals surface area contributed by atoms with Crippen LogP contribution in [0.2, 0.25) is 0 Å². The topological polar surface area (TPSA) is 109 Å². The van der Waals surface area contributed by atoms with E-state index in [0.29, 0.717) is 0 Å². The Kier molecular flexibility index (Phi) is 5.60. The molecular formula is C2H8N6OS2. The largest absolute Gasteiger partial charge is 0.375 e. The number of nitrogens with two attached hydrogens (primary N) is 2. The molecule has 7 nitrogen and oxygen atoms in total. The van der Waals surface area contributed by atoms with Crippen LogP contribution in [0, 0.1) is 0 Å². The van der Waals surface area contributed by atoms with E-state index in [-0.39, 0.29) is 10.2 Å². The molecule has 0 rings (SSSR count). The van der Waals surface area contributed by atoms with Crippen molar-refractivity contribution in [3.63, 3.8) is 0 Å². The molecule has 0 aliphatic carbocycles. The third-order valence-corrected chi connectivity index (χ3v) is 0.655. The van der Waals surface area contributed by atoms with Gasteiger partial charge in [-0.2, -0.15) is 4.94 Å². The number of hydrogen-bond donors (Lipinski definition) is 6. The lowest BCUT2D eigenvalue weighted by Crippen LogP contribution is -2.49. The van der Waals surface area contributed by atoms with Crippen molar-refractivity contribution in [1.82, 2.24) is 22.0 Å². The quantitative estimate of drug-likeness (QED) is 0.165. The van der Waals surface area contributed by atoms with Gasteiger partial charge in [0.1, 0.15) is 0 Å².